The van der Waals surface area contributed by atoms with Gasteiger partial charge in [-0.15, -0.1) is 11.6 Å². The van der Waals surface area contributed by atoms with Gasteiger partial charge in [0.15, 0.2) is 0 Å². The minimum Gasteiger partial charge on any atom is -0.495 e. The number of ether oxygens (including phenoxy) is 2. The van der Waals surface area contributed by atoms with Gasteiger partial charge in [-0.05, 0) is 35.9 Å². The lowest BCUT2D eigenvalue weighted by molar-refractivity contribution is 0.392. The Morgan fingerprint density at radius 2 is 1.62 bits per heavy atom. The van der Waals surface area contributed by atoms with Crippen LogP contribution in [0.15, 0.2) is 30.3 Å². The molecule has 0 radical (unpaired) electrons. The lowest BCUT2D eigenvalue weighted by atomic mass is 10.0. The number of hydrogen-bond acceptors (Lipinski definition) is 2. The Labute approximate surface area is 143 Å². The quantitative estimate of drug-likeness (QED) is 0.619. The van der Waals surface area contributed by atoms with Crippen molar-refractivity contribution in [2.75, 3.05) is 14.2 Å². The Morgan fingerprint density at radius 1 is 0.905 bits per heavy atom. The zero-order valence-electron chi connectivity index (χ0n) is 11.3. The van der Waals surface area contributed by atoms with Gasteiger partial charge in [0.05, 0.1) is 19.6 Å². The van der Waals surface area contributed by atoms with E-state index in [-0.39, 0.29) is 0 Å². The van der Waals surface area contributed by atoms with Gasteiger partial charge < -0.3 is 9.47 Å². The van der Waals surface area contributed by atoms with Gasteiger partial charge in [-0.1, -0.05) is 34.8 Å². The highest BCUT2D eigenvalue weighted by atomic mass is 35.5. The number of hydrogen-bond donors (Lipinski definition) is 0. The molecule has 0 aliphatic heterocycles. The first kappa shape index (κ1) is 16.6. The van der Waals surface area contributed by atoms with Crippen molar-refractivity contribution in [1.82, 2.24) is 0 Å². The number of benzene rings is 2. The molecular formula is C15H12Cl4O2. The molecule has 21 heavy (non-hydrogen) atoms. The molecule has 112 valence electrons. The standard InChI is InChI=1S/C15H12Cl4O2/c1-20-12-6-4-9(15(21-2)14(12)19)13(18)10-7-8(16)3-5-11(10)17/h3-7,13H,1-2H3. The molecule has 0 amide bonds. The monoisotopic (exact) mass is 364 g/mol. The van der Waals surface area contributed by atoms with E-state index in [1.54, 1.807) is 30.3 Å². The van der Waals surface area contributed by atoms with E-state index in [1.165, 1.54) is 14.2 Å². The minimum atomic E-state index is -0.547. The highest BCUT2D eigenvalue weighted by molar-refractivity contribution is 6.35. The first-order valence-electron chi connectivity index (χ1n) is 5.99. The molecule has 1 atom stereocenters. The van der Waals surface area contributed by atoms with Crippen LogP contribution in [-0.2, 0) is 0 Å². The largest absolute Gasteiger partial charge is 0.495 e. The van der Waals surface area contributed by atoms with Gasteiger partial charge in [-0.2, -0.15) is 0 Å². The SMILES string of the molecule is COc1ccc(C(Cl)c2cc(Cl)ccc2Cl)c(OC)c1Cl. The molecule has 0 aromatic heterocycles. The molecule has 0 fully saturated rings. The van der Waals surface area contributed by atoms with Crippen molar-refractivity contribution >= 4 is 46.4 Å². The summed E-state index contributed by atoms with van der Waals surface area (Å²) in [5.74, 6) is 0.963. The van der Waals surface area contributed by atoms with Crippen molar-refractivity contribution < 1.29 is 9.47 Å². The number of halogens is 4. The summed E-state index contributed by atoms with van der Waals surface area (Å²) in [6, 6.07) is 8.65. The highest BCUT2D eigenvalue weighted by Crippen LogP contribution is 2.44. The zero-order valence-corrected chi connectivity index (χ0v) is 14.3. The fraction of sp³-hybridized carbons (Fsp3) is 0.200. The normalized spacial score (nSPS) is 12.1. The van der Waals surface area contributed by atoms with Gasteiger partial charge in [-0.25, -0.2) is 0 Å². The molecule has 0 saturated carbocycles. The maximum Gasteiger partial charge on any atom is 0.146 e. The molecule has 6 heteroatoms. The second kappa shape index (κ2) is 6.97. The Bertz CT molecular complexity index is 658. The van der Waals surface area contributed by atoms with Crippen molar-refractivity contribution in [3.63, 3.8) is 0 Å². The van der Waals surface area contributed by atoms with Crippen LogP contribution in [0.2, 0.25) is 15.1 Å². The Balaban J connectivity index is 2.55. The third-order valence-corrected chi connectivity index (χ3v) is 4.43. The molecule has 2 rings (SSSR count). The first-order valence-corrected chi connectivity index (χ1v) is 7.56. The molecule has 0 spiro atoms. The molecule has 2 aromatic carbocycles. The predicted octanol–water partition coefficient (Wildman–Crippen LogP) is 5.99. The Kier molecular flexibility index (Phi) is 5.50. The van der Waals surface area contributed by atoms with Crippen LogP contribution in [0.1, 0.15) is 16.5 Å². The molecule has 0 aliphatic carbocycles. The zero-order chi connectivity index (χ0) is 15.6. The van der Waals surface area contributed by atoms with Crippen LogP contribution in [0.3, 0.4) is 0 Å². The Hall–Kier alpha value is -0.800. The van der Waals surface area contributed by atoms with Gasteiger partial charge in [0, 0.05) is 15.6 Å². The van der Waals surface area contributed by atoms with Gasteiger partial charge in [0.2, 0.25) is 0 Å². The smallest absolute Gasteiger partial charge is 0.146 e. The molecule has 1 unspecified atom stereocenters. The summed E-state index contributed by atoms with van der Waals surface area (Å²) in [4.78, 5) is 0. The third kappa shape index (κ3) is 3.35. The molecule has 0 heterocycles. The van der Waals surface area contributed by atoms with Crippen molar-refractivity contribution in [2.24, 2.45) is 0 Å². The van der Waals surface area contributed by atoms with Crippen molar-refractivity contribution in [3.8, 4) is 11.5 Å². The van der Waals surface area contributed by atoms with Crippen molar-refractivity contribution in [2.45, 2.75) is 5.38 Å². The maximum atomic E-state index is 6.54. The van der Waals surface area contributed by atoms with E-state index >= 15 is 0 Å². The summed E-state index contributed by atoms with van der Waals surface area (Å²) in [5.41, 5.74) is 1.37. The minimum absolute atomic E-state index is 0.362. The summed E-state index contributed by atoms with van der Waals surface area (Å²) in [5, 5.41) is 0.892. The molecule has 2 nitrogen and oxygen atoms in total. The van der Waals surface area contributed by atoms with Crippen LogP contribution in [0, 0.1) is 0 Å². The third-order valence-electron chi connectivity index (χ3n) is 3.02. The van der Waals surface area contributed by atoms with Crippen molar-refractivity contribution in [3.05, 3.63) is 56.5 Å². The second-order valence-electron chi connectivity index (χ2n) is 4.23. The average molecular weight is 366 g/mol. The second-order valence-corrected chi connectivity index (χ2v) is 5.89. The van der Waals surface area contributed by atoms with E-state index in [9.17, 15) is 0 Å². The van der Waals surface area contributed by atoms with Crippen LogP contribution in [-0.4, -0.2) is 14.2 Å². The van der Waals surface area contributed by atoms with Gasteiger partial charge in [0.25, 0.3) is 0 Å². The maximum absolute atomic E-state index is 6.54. The predicted molar refractivity (Wildman–Crippen MR) is 88.7 cm³/mol. The van der Waals surface area contributed by atoms with E-state index < -0.39 is 5.38 Å². The van der Waals surface area contributed by atoms with Crippen LogP contribution >= 0.6 is 46.4 Å². The summed E-state index contributed by atoms with van der Waals surface area (Å²) >= 11 is 25.0. The van der Waals surface area contributed by atoms with E-state index in [4.69, 9.17) is 55.9 Å². The number of alkyl halides is 1. The fourth-order valence-electron chi connectivity index (χ4n) is 1.99. The van der Waals surface area contributed by atoms with Gasteiger partial charge in [-0.3, -0.25) is 0 Å². The number of rotatable bonds is 4. The lowest BCUT2D eigenvalue weighted by Gasteiger charge is -2.18. The van der Waals surface area contributed by atoms with Crippen LogP contribution < -0.4 is 9.47 Å². The van der Waals surface area contributed by atoms with E-state index in [0.717, 1.165) is 0 Å². The van der Waals surface area contributed by atoms with Crippen LogP contribution in [0.25, 0.3) is 0 Å². The van der Waals surface area contributed by atoms with E-state index in [2.05, 4.69) is 0 Å². The molecular weight excluding hydrogens is 354 g/mol. The first-order chi connectivity index (χ1) is 9.99. The van der Waals surface area contributed by atoms with Gasteiger partial charge in [0.1, 0.15) is 16.5 Å². The van der Waals surface area contributed by atoms with Gasteiger partial charge >= 0.3 is 0 Å². The fourth-order valence-corrected chi connectivity index (χ4v) is 3.14. The summed E-state index contributed by atoms with van der Waals surface area (Å²) in [6.07, 6.45) is 0. The summed E-state index contributed by atoms with van der Waals surface area (Å²) in [6.45, 7) is 0. The van der Waals surface area contributed by atoms with Crippen LogP contribution in [0.5, 0.6) is 11.5 Å². The summed E-state index contributed by atoms with van der Waals surface area (Å²) in [7, 11) is 3.06. The molecule has 0 aliphatic rings. The molecule has 2 aromatic rings. The summed E-state index contributed by atoms with van der Waals surface area (Å²) < 4.78 is 10.5. The van der Waals surface area contributed by atoms with E-state index in [0.29, 0.717) is 37.7 Å². The number of methoxy groups -OCH3 is 2. The van der Waals surface area contributed by atoms with Crippen LogP contribution in [0.4, 0.5) is 0 Å². The molecule has 0 saturated heterocycles. The highest BCUT2D eigenvalue weighted by Gasteiger charge is 2.22. The topological polar surface area (TPSA) is 18.5 Å². The lowest BCUT2D eigenvalue weighted by Crippen LogP contribution is -2.00. The Morgan fingerprint density at radius 3 is 2.24 bits per heavy atom. The molecule has 0 N–H and O–H groups in total. The molecule has 0 bridgehead atoms. The average Bonchev–Trinajstić information content (AvgIpc) is 2.48. The van der Waals surface area contributed by atoms with Crippen molar-refractivity contribution in [1.29, 1.82) is 0 Å². The van der Waals surface area contributed by atoms with E-state index in [1.807, 2.05) is 0 Å².